The summed E-state index contributed by atoms with van der Waals surface area (Å²) in [5.74, 6) is -2.25. The lowest BCUT2D eigenvalue weighted by Crippen LogP contribution is -2.40. The summed E-state index contributed by atoms with van der Waals surface area (Å²) in [7, 11) is -5.50. The van der Waals surface area contributed by atoms with Gasteiger partial charge in [0.05, 0.1) is 16.1 Å². The minimum Gasteiger partial charge on any atom is -0.266 e. The average Bonchev–Trinajstić information content (AvgIpc) is 2.23. The lowest BCUT2D eigenvalue weighted by Gasteiger charge is -2.16. The first kappa shape index (κ1) is 17.3. The summed E-state index contributed by atoms with van der Waals surface area (Å²) < 4.78 is 71.0. The lowest BCUT2D eigenvalue weighted by molar-refractivity contribution is -0.444. The van der Waals surface area contributed by atoms with Gasteiger partial charge in [0.25, 0.3) is 0 Å². The van der Waals surface area contributed by atoms with Gasteiger partial charge in [-0.05, 0) is 0 Å². The van der Waals surface area contributed by atoms with Gasteiger partial charge in [0.15, 0.2) is 0 Å². The highest BCUT2D eigenvalue weighted by atomic mass is 79.9. The van der Waals surface area contributed by atoms with Gasteiger partial charge in [-0.3, -0.25) is 4.79 Å². The van der Waals surface area contributed by atoms with Crippen LogP contribution < -0.4 is 0 Å². The SMILES string of the molecule is N#CC(F)(Cl)C(=O)N(Br)S(=O)(=O)OOC(F)(F)F. The molecule has 0 saturated heterocycles. The summed E-state index contributed by atoms with van der Waals surface area (Å²) in [6, 6.07) is 0.561. The van der Waals surface area contributed by atoms with Gasteiger partial charge in [-0.1, -0.05) is 15.9 Å². The second kappa shape index (κ2) is 5.53. The topological polar surface area (TPSA) is 96.7 Å². The zero-order valence-corrected chi connectivity index (χ0v) is 10.8. The Bertz CT molecular complexity index is 473. The molecule has 0 rings (SSSR count). The molecule has 1 atom stereocenters. The van der Waals surface area contributed by atoms with Gasteiger partial charge in [0, 0.05) is 0 Å². The van der Waals surface area contributed by atoms with Crippen molar-refractivity contribution >= 4 is 44.0 Å². The Kier molecular flexibility index (Phi) is 5.32. The molecule has 0 bridgehead atoms. The fourth-order valence-corrected chi connectivity index (χ4v) is 1.54. The number of nitrogens with zero attached hydrogens (tertiary/aromatic N) is 2. The van der Waals surface area contributed by atoms with Crippen LogP contribution in [0.1, 0.15) is 0 Å². The molecule has 0 spiro atoms. The van der Waals surface area contributed by atoms with E-state index in [9.17, 15) is 30.8 Å². The highest BCUT2D eigenvalue weighted by Gasteiger charge is 2.46. The summed E-state index contributed by atoms with van der Waals surface area (Å²) in [6.07, 6.45) is -5.49. The molecule has 0 radical (unpaired) electrons. The van der Waals surface area contributed by atoms with Gasteiger partial charge in [-0.25, -0.2) is 0 Å². The lowest BCUT2D eigenvalue weighted by atomic mass is 10.4. The van der Waals surface area contributed by atoms with E-state index in [0.717, 1.165) is 0 Å². The largest absolute Gasteiger partial charge is 0.550 e. The summed E-state index contributed by atoms with van der Waals surface area (Å²) >= 11 is 6.49. The Labute approximate surface area is 110 Å². The number of rotatable bonds is 4. The van der Waals surface area contributed by atoms with Crippen LogP contribution in [0.5, 0.6) is 0 Å². The molecule has 18 heavy (non-hydrogen) atoms. The van der Waals surface area contributed by atoms with Crippen molar-refractivity contribution in [2.45, 2.75) is 11.5 Å². The van der Waals surface area contributed by atoms with Gasteiger partial charge in [0.1, 0.15) is 6.07 Å². The van der Waals surface area contributed by atoms with Crippen molar-refractivity contribution in [3.05, 3.63) is 0 Å². The van der Waals surface area contributed by atoms with Crippen LogP contribution in [0, 0.1) is 11.3 Å². The van der Waals surface area contributed by atoms with Crippen molar-refractivity contribution < 1.29 is 40.0 Å². The molecule has 1 unspecified atom stereocenters. The van der Waals surface area contributed by atoms with E-state index in [-0.39, 0.29) is 0 Å². The molecule has 0 aliphatic heterocycles. The number of halogens is 6. The molecule has 1 amide bonds. The highest BCUT2D eigenvalue weighted by Crippen LogP contribution is 2.26. The zero-order chi connectivity index (χ0) is 14.8. The molecule has 0 aliphatic carbocycles. The van der Waals surface area contributed by atoms with E-state index < -0.39 is 31.0 Å². The van der Waals surface area contributed by atoms with E-state index in [1.54, 1.807) is 0 Å². The predicted octanol–water partition coefficient (Wildman–Crippen LogP) is 1.27. The fourth-order valence-electron chi connectivity index (χ4n) is 0.368. The second-order valence-corrected chi connectivity index (χ2v) is 5.32. The Morgan fingerprint density at radius 3 is 2.17 bits per heavy atom. The van der Waals surface area contributed by atoms with Crippen LogP contribution >= 0.6 is 27.7 Å². The summed E-state index contributed by atoms with van der Waals surface area (Å²) in [5, 5.41) is 4.24. The molecule has 104 valence electrons. The maximum absolute atomic E-state index is 12.9. The van der Waals surface area contributed by atoms with Crippen LogP contribution in [0.4, 0.5) is 17.6 Å². The number of hydrogen-bond acceptors (Lipinski definition) is 6. The van der Waals surface area contributed by atoms with Crippen molar-refractivity contribution in [2.24, 2.45) is 0 Å². The van der Waals surface area contributed by atoms with Gasteiger partial charge in [0.2, 0.25) is 0 Å². The zero-order valence-electron chi connectivity index (χ0n) is 7.61. The molecule has 0 heterocycles. The van der Waals surface area contributed by atoms with Crippen LogP contribution in [0.3, 0.4) is 0 Å². The van der Waals surface area contributed by atoms with Crippen LogP contribution in [0.2, 0.25) is 0 Å². The summed E-state index contributed by atoms with van der Waals surface area (Å²) in [6.45, 7) is 0. The average molecular weight is 379 g/mol. The second-order valence-electron chi connectivity index (χ2n) is 2.26. The van der Waals surface area contributed by atoms with E-state index in [1.165, 1.54) is 0 Å². The Balaban J connectivity index is 4.95. The number of carbonyl (C=O) groups is 1. The molecular formula is C4BrClF4N2O5S. The van der Waals surface area contributed by atoms with Crippen molar-refractivity contribution in [1.29, 1.82) is 5.26 Å². The molecule has 0 aromatic rings. The minimum absolute atomic E-state index is 0.561. The van der Waals surface area contributed by atoms with E-state index in [0.29, 0.717) is 6.07 Å². The van der Waals surface area contributed by atoms with E-state index in [1.807, 2.05) is 16.1 Å². The first-order valence-electron chi connectivity index (χ1n) is 3.32. The summed E-state index contributed by atoms with van der Waals surface area (Å²) in [4.78, 5) is 13.4. The Hall–Kier alpha value is -0.680. The van der Waals surface area contributed by atoms with Gasteiger partial charge >= 0.3 is 27.7 Å². The van der Waals surface area contributed by atoms with Crippen molar-refractivity contribution in [3.63, 3.8) is 0 Å². The van der Waals surface area contributed by atoms with E-state index in [2.05, 4.69) is 20.8 Å². The Morgan fingerprint density at radius 2 is 1.83 bits per heavy atom. The quantitative estimate of drug-likeness (QED) is 0.240. The standard InChI is InChI=1S/C4BrClF4N2O5S/c5-12(2(13)3(6,7)1-11)18(14,15)17-16-4(8,9)10. The van der Waals surface area contributed by atoms with E-state index in [4.69, 9.17) is 5.26 Å². The number of nitriles is 1. The summed E-state index contributed by atoms with van der Waals surface area (Å²) in [5.41, 5.74) is 0. The molecular weight excluding hydrogens is 379 g/mol. The molecule has 14 heteroatoms. The van der Waals surface area contributed by atoms with Crippen molar-refractivity contribution in [2.75, 3.05) is 0 Å². The third kappa shape index (κ3) is 4.90. The molecule has 0 aliphatic rings. The van der Waals surface area contributed by atoms with Crippen molar-refractivity contribution in [1.82, 2.24) is 3.33 Å². The molecule has 7 nitrogen and oxygen atoms in total. The van der Waals surface area contributed by atoms with E-state index >= 15 is 0 Å². The smallest absolute Gasteiger partial charge is 0.266 e. The third-order valence-corrected chi connectivity index (χ3v) is 3.41. The number of carbonyl (C=O) groups excluding carboxylic acids is 1. The highest BCUT2D eigenvalue weighted by molar-refractivity contribution is 9.09. The number of hydrogen-bond donors (Lipinski definition) is 0. The fraction of sp³-hybridized carbons (Fsp3) is 0.500. The Morgan fingerprint density at radius 1 is 1.39 bits per heavy atom. The first-order chi connectivity index (χ1) is 7.83. The molecule has 0 saturated carbocycles. The van der Waals surface area contributed by atoms with Crippen LogP contribution in [0.15, 0.2) is 0 Å². The third-order valence-electron chi connectivity index (χ3n) is 0.980. The first-order valence-corrected chi connectivity index (χ1v) is 5.77. The molecule has 0 fully saturated rings. The molecule has 0 aromatic carbocycles. The van der Waals surface area contributed by atoms with Crippen LogP contribution in [-0.4, -0.2) is 29.1 Å². The maximum atomic E-state index is 12.9. The normalized spacial score (nSPS) is 15.6. The van der Waals surface area contributed by atoms with Gasteiger partial charge in [-0.15, -0.1) is 21.4 Å². The molecule has 0 N–H and O–H groups in total. The maximum Gasteiger partial charge on any atom is 0.550 e. The number of amides is 1. The van der Waals surface area contributed by atoms with Gasteiger partial charge in [-0.2, -0.15) is 18.1 Å². The van der Waals surface area contributed by atoms with Crippen LogP contribution in [0.25, 0.3) is 0 Å². The van der Waals surface area contributed by atoms with Crippen molar-refractivity contribution in [3.8, 4) is 6.07 Å². The van der Waals surface area contributed by atoms with Crippen LogP contribution in [-0.2, 0) is 24.3 Å². The number of alkyl halides is 5. The van der Waals surface area contributed by atoms with Gasteiger partial charge < -0.3 is 0 Å². The minimum atomic E-state index is -5.50. The molecule has 0 aromatic heterocycles. The monoisotopic (exact) mass is 378 g/mol. The predicted molar refractivity (Wildman–Crippen MR) is 48.2 cm³/mol.